The van der Waals surface area contributed by atoms with E-state index in [2.05, 4.69) is 0 Å². The van der Waals surface area contributed by atoms with Gasteiger partial charge in [-0.2, -0.15) is 0 Å². The van der Waals surface area contributed by atoms with Crippen LogP contribution in [0.4, 0.5) is 0 Å². The van der Waals surface area contributed by atoms with Crippen molar-refractivity contribution >= 4 is 11.0 Å². The summed E-state index contributed by atoms with van der Waals surface area (Å²) in [6.45, 7) is 0. The second-order valence-corrected chi connectivity index (χ2v) is 5.20. The third-order valence-electron chi connectivity index (χ3n) is 3.88. The van der Waals surface area contributed by atoms with Crippen LogP contribution in [0.15, 0.2) is 39.7 Å². The summed E-state index contributed by atoms with van der Waals surface area (Å²) in [5, 5.41) is 20.0. The highest BCUT2D eigenvalue weighted by Crippen LogP contribution is 2.41. The maximum Gasteiger partial charge on any atom is 0.204 e. The molecule has 0 aliphatic heterocycles. The van der Waals surface area contributed by atoms with Gasteiger partial charge in [0.2, 0.25) is 11.2 Å². The van der Waals surface area contributed by atoms with Crippen LogP contribution in [0.2, 0.25) is 0 Å². The first-order valence-electron chi connectivity index (χ1n) is 7.28. The molecule has 0 radical (unpaired) electrons. The Balaban J connectivity index is 2.33. The van der Waals surface area contributed by atoms with Crippen LogP contribution in [0.25, 0.3) is 22.1 Å². The summed E-state index contributed by atoms with van der Waals surface area (Å²) >= 11 is 0. The largest absolute Gasteiger partial charge is 0.504 e. The number of fused-ring (bicyclic) bond motifs is 1. The van der Waals surface area contributed by atoms with E-state index in [-0.39, 0.29) is 28.0 Å². The van der Waals surface area contributed by atoms with Gasteiger partial charge in [0, 0.05) is 17.7 Å². The van der Waals surface area contributed by atoms with Crippen LogP contribution in [-0.2, 0) is 0 Å². The van der Waals surface area contributed by atoms with E-state index in [0.29, 0.717) is 17.1 Å². The van der Waals surface area contributed by atoms with Crippen molar-refractivity contribution in [1.82, 2.24) is 0 Å². The van der Waals surface area contributed by atoms with Crippen LogP contribution >= 0.6 is 0 Å². The smallest absolute Gasteiger partial charge is 0.204 e. The number of rotatable bonds is 4. The molecule has 1 heterocycles. The van der Waals surface area contributed by atoms with Crippen LogP contribution in [0.5, 0.6) is 28.7 Å². The second kappa shape index (κ2) is 6.27. The van der Waals surface area contributed by atoms with Crippen LogP contribution in [0.3, 0.4) is 0 Å². The molecule has 0 saturated heterocycles. The average Bonchev–Trinajstić information content (AvgIpc) is 2.61. The van der Waals surface area contributed by atoms with Crippen molar-refractivity contribution in [2.45, 2.75) is 0 Å². The van der Waals surface area contributed by atoms with Gasteiger partial charge in [0.25, 0.3) is 0 Å². The number of methoxy groups -OCH3 is 3. The molecule has 0 bridgehead atoms. The van der Waals surface area contributed by atoms with Gasteiger partial charge in [0.1, 0.15) is 28.7 Å². The van der Waals surface area contributed by atoms with Crippen molar-refractivity contribution < 1.29 is 28.8 Å². The number of hydrogen-bond donors (Lipinski definition) is 2. The van der Waals surface area contributed by atoms with E-state index in [1.54, 1.807) is 18.2 Å². The van der Waals surface area contributed by atoms with Gasteiger partial charge in [-0.15, -0.1) is 0 Å². The minimum atomic E-state index is -0.486. The van der Waals surface area contributed by atoms with E-state index < -0.39 is 11.2 Å². The molecule has 0 unspecified atom stereocenters. The van der Waals surface area contributed by atoms with Gasteiger partial charge >= 0.3 is 0 Å². The Morgan fingerprint density at radius 1 is 0.960 bits per heavy atom. The third-order valence-corrected chi connectivity index (χ3v) is 3.88. The number of aromatic hydroxyl groups is 2. The fraction of sp³-hybridized carbons (Fsp3) is 0.167. The number of phenols is 2. The quantitative estimate of drug-likeness (QED) is 0.751. The Hall–Kier alpha value is -3.35. The lowest BCUT2D eigenvalue weighted by Gasteiger charge is -2.12. The van der Waals surface area contributed by atoms with Gasteiger partial charge in [0.05, 0.1) is 26.9 Å². The SMILES string of the molecule is COc1ccc(-c2coc3cc(O)c(OC)c(O)c3c2=O)c(OC)c1. The molecule has 7 nitrogen and oxygen atoms in total. The Labute approximate surface area is 142 Å². The molecule has 0 aliphatic carbocycles. The lowest BCUT2D eigenvalue weighted by Crippen LogP contribution is -2.06. The van der Waals surface area contributed by atoms with Crippen molar-refractivity contribution in [3.05, 3.63) is 40.8 Å². The second-order valence-electron chi connectivity index (χ2n) is 5.20. The third kappa shape index (κ3) is 2.59. The molecule has 3 aromatic rings. The predicted octanol–water partition coefficient (Wildman–Crippen LogP) is 2.90. The minimum Gasteiger partial charge on any atom is -0.504 e. The molecule has 0 fully saturated rings. The van der Waals surface area contributed by atoms with E-state index in [4.69, 9.17) is 18.6 Å². The summed E-state index contributed by atoms with van der Waals surface area (Å²) in [6.07, 6.45) is 1.25. The summed E-state index contributed by atoms with van der Waals surface area (Å²) in [5.74, 6) is -0.0268. The summed E-state index contributed by atoms with van der Waals surface area (Å²) in [6, 6.07) is 6.18. The van der Waals surface area contributed by atoms with Crippen LogP contribution in [0.1, 0.15) is 0 Å². The van der Waals surface area contributed by atoms with Gasteiger partial charge in [-0.05, 0) is 12.1 Å². The zero-order valence-corrected chi connectivity index (χ0v) is 13.8. The van der Waals surface area contributed by atoms with Gasteiger partial charge in [0.15, 0.2) is 11.5 Å². The predicted molar refractivity (Wildman–Crippen MR) is 90.9 cm³/mol. The van der Waals surface area contributed by atoms with Gasteiger partial charge in [-0.25, -0.2) is 0 Å². The molecule has 25 heavy (non-hydrogen) atoms. The normalized spacial score (nSPS) is 10.7. The van der Waals surface area contributed by atoms with E-state index in [9.17, 15) is 15.0 Å². The summed E-state index contributed by atoms with van der Waals surface area (Å²) in [4.78, 5) is 12.9. The number of phenolic OH excluding ortho intramolecular Hbond substituents is 2. The average molecular weight is 344 g/mol. The molecule has 7 heteroatoms. The number of ether oxygens (including phenoxy) is 3. The molecule has 2 N–H and O–H groups in total. The molecular weight excluding hydrogens is 328 g/mol. The fourth-order valence-corrected chi connectivity index (χ4v) is 2.64. The lowest BCUT2D eigenvalue weighted by atomic mass is 10.0. The highest BCUT2D eigenvalue weighted by molar-refractivity contribution is 5.91. The summed E-state index contributed by atoms with van der Waals surface area (Å²) < 4.78 is 20.8. The van der Waals surface area contributed by atoms with Crippen LogP contribution < -0.4 is 19.6 Å². The molecule has 3 rings (SSSR count). The highest BCUT2D eigenvalue weighted by atomic mass is 16.5. The van der Waals surface area contributed by atoms with E-state index in [1.165, 1.54) is 33.7 Å². The maximum atomic E-state index is 12.9. The molecule has 2 aromatic carbocycles. The van der Waals surface area contributed by atoms with Gasteiger partial charge in [-0.1, -0.05) is 0 Å². The van der Waals surface area contributed by atoms with Crippen LogP contribution in [0, 0.1) is 0 Å². The Morgan fingerprint density at radius 2 is 1.72 bits per heavy atom. The van der Waals surface area contributed by atoms with E-state index >= 15 is 0 Å². The molecule has 0 atom stereocenters. The molecule has 0 saturated carbocycles. The first-order chi connectivity index (χ1) is 12.0. The summed E-state index contributed by atoms with van der Waals surface area (Å²) in [7, 11) is 4.27. The van der Waals surface area contributed by atoms with Crippen molar-refractivity contribution in [2.75, 3.05) is 21.3 Å². The van der Waals surface area contributed by atoms with Crippen LogP contribution in [-0.4, -0.2) is 31.5 Å². The van der Waals surface area contributed by atoms with E-state index in [0.717, 1.165) is 0 Å². The van der Waals surface area contributed by atoms with E-state index in [1.807, 2.05) is 0 Å². The Bertz CT molecular complexity index is 1000. The Morgan fingerprint density at radius 3 is 2.36 bits per heavy atom. The first-order valence-corrected chi connectivity index (χ1v) is 7.28. The standard InChI is InChI=1S/C18H16O7/c1-22-9-4-5-10(13(6-9)23-2)11-8-25-14-7-12(19)18(24-3)17(21)15(14)16(11)20/h4-8,19,21H,1-3H3. The van der Waals surface area contributed by atoms with Gasteiger partial charge in [-0.3, -0.25) is 4.79 Å². The number of benzene rings is 2. The van der Waals surface area contributed by atoms with Gasteiger partial charge < -0.3 is 28.8 Å². The zero-order chi connectivity index (χ0) is 18.1. The molecule has 0 spiro atoms. The topological polar surface area (TPSA) is 98.4 Å². The van der Waals surface area contributed by atoms with Crippen molar-refractivity contribution in [3.63, 3.8) is 0 Å². The molecule has 1 aromatic heterocycles. The summed E-state index contributed by atoms with van der Waals surface area (Å²) in [5.41, 5.74) is 0.220. The first kappa shape index (κ1) is 16.5. The zero-order valence-electron chi connectivity index (χ0n) is 13.8. The van der Waals surface area contributed by atoms with Crippen molar-refractivity contribution in [1.29, 1.82) is 0 Å². The number of hydrogen-bond acceptors (Lipinski definition) is 7. The Kier molecular flexibility index (Phi) is 4.14. The molecule has 0 amide bonds. The lowest BCUT2D eigenvalue weighted by molar-refractivity contribution is 0.346. The molecule has 0 aliphatic rings. The maximum absolute atomic E-state index is 12.9. The monoisotopic (exact) mass is 344 g/mol. The highest BCUT2D eigenvalue weighted by Gasteiger charge is 2.21. The molecule has 130 valence electrons. The minimum absolute atomic E-state index is 0.0389. The molecular formula is C18H16O7. The fourth-order valence-electron chi connectivity index (χ4n) is 2.64. The van der Waals surface area contributed by atoms with Crippen molar-refractivity contribution in [3.8, 4) is 39.9 Å². The van der Waals surface area contributed by atoms with Crippen molar-refractivity contribution in [2.24, 2.45) is 0 Å².